The van der Waals surface area contributed by atoms with Gasteiger partial charge < -0.3 is 15.2 Å². The Kier molecular flexibility index (Phi) is 4.97. The molecule has 0 radical (unpaired) electrons. The molecule has 0 saturated heterocycles. The normalized spacial score (nSPS) is 10.6. The summed E-state index contributed by atoms with van der Waals surface area (Å²) in [4.78, 5) is 11.1. The zero-order valence-corrected chi connectivity index (χ0v) is 10.5. The molecule has 1 aromatic rings. The van der Waals surface area contributed by atoms with E-state index in [4.69, 9.17) is 15.2 Å². The molecular formula is C13H19NO3. The van der Waals surface area contributed by atoms with Crippen molar-refractivity contribution in [1.29, 1.82) is 0 Å². The van der Waals surface area contributed by atoms with Gasteiger partial charge in [-0.25, -0.2) is 0 Å². The SMILES string of the molecule is COc1ccc(C(N)=O)cc1COCC(C)C. The van der Waals surface area contributed by atoms with Crippen molar-refractivity contribution in [2.45, 2.75) is 20.5 Å². The molecule has 0 fully saturated rings. The maximum atomic E-state index is 11.1. The van der Waals surface area contributed by atoms with Crippen LogP contribution in [0.3, 0.4) is 0 Å². The molecule has 4 heteroatoms. The Morgan fingerprint density at radius 1 is 1.41 bits per heavy atom. The summed E-state index contributed by atoms with van der Waals surface area (Å²) in [5, 5.41) is 0. The largest absolute Gasteiger partial charge is 0.496 e. The number of hydrogen-bond acceptors (Lipinski definition) is 3. The number of nitrogens with two attached hydrogens (primary N) is 1. The maximum absolute atomic E-state index is 11.1. The first kappa shape index (κ1) is 13.5. The summed E-state index contributed by atoms with van der Waals surface area (Å²) in [6.07, 6.45) is 0. The molecule has 2 N–H and O–H groups in total. The fraction of sp³-hybridized carbons (Fsp3) is 0.462. The quantitative estimate of drug-likeness (QED) is 0.822. The van der Waals surface area contributed by atoms with E-state index in [-0.39, 0.29) is 0 Å². The molecule has 0 aliphatic carbocycles. The Hall–Kier alpha value is -1.55. The van der Waals surface area contributed by atoms with E-state index in [0.29, 0.717) is 30.4 Å². The van der Waals surface area contributed by atoms with Gasteiger partial charge in [-0.1, -0.05) is 13.8 Å². The van der Waals surface area contributed by atoms with Crippen molar-refractivity contribution in [3.05, 3.63) is 29.3 Å². The highest BCUT2D eigenvalue weighted by Gasteiger charge is 2.08. The fourth-order valence-electron chi connectivity index (χ4n) is 1.45. The number of ether oxygens (including phenoxy) is 2. The summed E-state index contributed by atoms with van der Waals surface area (Å²) in [5.74, 6) is 0.733. The molecule has 0 unspecified atom stereocenters. The first-order chi connectivity index (χ1) is 8.04. The van der Waals surface area contributed by atoms with Gasteiger partial charge in [-0.05, 0) is 24.1 Å². The van der Waals surface area contributed by atoms with E-state index in [9.17, 15) is 4.79 Å². The first-order valence-corrected chi connectivity index (χ1v) is 5.59. The third-order valence-corrected chi connectivity index (χ3v) is 2.27. The number of carbonyl (C=O) groups excluding carboxylic acids is 1. The summed E-state index contributed by atoms with van der Waals surface area (Å²) in [6.45, 7) is 5.25. The van der Waals surface area contributed by atoms with Gasteiger partial charge in [-0.3, -0.25) is 4.79 Å². The van der Waals surface area contributed by atoms with Crippen molar-refractivity contribution < 1.29 is 14.3 Å². The predicted molar refractivity (Wildman–Crippen MR) is 66.0 cm³/mol. The van der Waals surface area contributed by atoms with Crippen molar-refractivity contribution in [2.75, 3.05) is 13.7 Å². The highest BCUT2D eigenvalue weighted by molar-refractivity contribution is 5.93. The van der Waals surface area contributed by atoms with Crippen LogP contribution in [0.25, 0.3) is 0 Å². The Bertz CT molecular complexity index is 388. The van der Waals surface area contributed by atoms with Crippen molar-refractivity contribution in [3.8, 4) is 5.75 Å². The van der Waals surface area contributed by atoms with Gasteiger partial charge in [0, 0.05) is 17.7 Å². The minimum absolute atomic E-state index is 0.419. The number of primary amides is 1. The van der Waals surface area contributed by atoms with Gasteiger partial charge in [-0.2, -0.15) is 0 Å². The summed E-state index contributed by atoms with van der Waals surface area (Å²) in [5.41, 5.74) is 6.53. The Morgan fingerprint density at radius 2 is 2.12 bits per heavy atom. The van der Waals surface area contributed by atoms with Gasteiger partial charge >= 0.3 is 0 Å². The highest BCUT2D eigenvalue weighted by Crippen LogP contribution is 2.20. The van der Waals surface area contributed by atoms with E-state index in [1.54, 1.807) is 25.3 Å². The van der Waals surface area contributed by atoms with Crippen LogP contribution in [-0.2, 0) is 11.3 Å². The number of hydrogen-bond donors (Lipinski definition) is 1. The first-order valence-electron chi connectivity index (χ1n) is 5.59. The van der Waals surface area contributed by atoms with Crippen LogP contribution >= 0.6 is 0 Å². The molecule has 0 spiro atoms. The molecule has 4 nitrogen and oxygen atoms in total. The number of amides is 1. The van der Waals surface area contributed by atoms with Gasteiger partial charge in [0.25, 0.3) is 0 Å². The topological polar surface area (TPSA) is 61.5 Å². The molecule has 0 saturated carbocycles. The van der Waals surface area contributed by atoms with Crippen molar-refractivity contribution in [1.82, 2.24) is 0 Å². The molecule has 0 atom stereocenters. The van der Waals surface area contributed by atoms with Crippen molar-refractivity contribution >= 4 is 5.91 Å². The monoisotopic (exact) mass is 237 g/mol. The zero-order chi connectivity index (χ0) is 12.8. The third-order valence-electron chi connectivity index (χ3n) is 2.27. The average molecular weight is 237 g/mol. The smallest absolute Gasteiger partial charge is 0.248 e. The van der Waals surface area contributed by atoms with Gasteiger partial charge in [0.15, 0.2) is 0 Å². The lowest BCUT2D eigenvalue weighted by Gasteiger charge is -2.11. The van der Waals surface area contributed by atoms with Crippen LogP contribution in [-0.4, -0.2) is 19.6 Å². The standard InChI is InChI=1S/C13H19NO3/c1-9(2)7-17-8-11-6-10(13(14)15)4-5-12(11)16-3/h4-6,9H,7-8H2,1-3H3,(H2,14,15). The van der Waals surface area contributed by atoms with Crippen LogP contribution in [0.2, 0.25) is 0 Å². The van der Waals surface area contributed by atoms with Gasteiger partial charge in [0.05, 0.1) is 13.7 Å². The number of methoxy groups -OCH3 is 1. The molecule has 1 amide bonds. The lowest BCUT2D eigenvalue weighted by atomic mass is 10.1. The van der Waals surface area contributed by atoms with E-state index in [2.05, 4.69) is 13.8 Å². The summed E-state index contributed by atoms with van der Waals surface area (Å²) >= 11 is 0. The fourth-order valence-corrected chi connectivity index (χ4v) is 1.45. The molecule has 0 aromatic heterocycles. The van der Waals surface area contributed by atoms with E-state index in [1.165, 1.54) is 0 Å². The average Bonchev–Trinajstić information content (AvgIpc) is 2.28. The third kappa shape index (κ3) is 4.07. The Morgan fingerprint density at radius 3 is 2.65 bits per heavy atom. The highest BCUT2D eigenvalue weighted by atomic mass is 16.5. The second-order valence-corrected chi connectivity index (χ2v) is 4.30. The lowest BCUT2D eigenvalue weighted by molar-refractivity contribution is 0.0951. The Balaban J connectivity index is 2.79. The Labute approximate surface area is 102 Å². The van der Waals surface area contributed by atoms with Crippen LogP contribution < -0.4 is 10.5 Å². The number of rotatable bonds is 6. The maximum Gasteiger partial charge on any atom is 0.248 e. The molecule has 1 aromatic carbocycles. The van der Waals surface area contributed by atoms with Crippen molar-refractivity contribution in [3.63, 3.8) is 0 Å². The van der Waals surface area contributed by atoms with Gasteiger partial charge in [0.1, 0.15) is 5.75 Å². The van der Waals surface area contributed by atoms with Gasteiger partial charge in [0.2, 0.25) is 5.91 Å². The van der Waals surface area contributed by atoms with Crippen LogP contribution in [0.1, 0.15) is 29.8 Å². The predicted octanol–water partition coefficient (Wildman–Crippen LogP) is 1.97. The van der Waals surface area contributed by atoms with E-state index in [1.807, 2.05) is 0 Å². The number of carbonyl (C=O) groups is 1. The summed E-state index contributed by atoms with van der Waals surface area (Å²) < 4.78 is 10.7. The second-order valence-electron chi connectivity index (χ2n) is 4.30. The van der Waals surface area contributed by atoms with Crippen LogP contribution in [0, 0.1) is 5.92 Å². The van der Waals surface area contributed by atoms with Crippen molar-refractivity contribution in [2.24, 2.45) is 11.7 Å². The molecule has 0 aliphatic rings. The molecule has 0 aliphatic heterocycles. The van der Waals surface area contributed by atoms with Gasteiger partial charge in [-0.15, -0.1) is 0 Å². The molecule has 94 valence electrons. The van der Waals surface area contributed by atoms with Crippen LogP contribution in [0.15, 0.2) is 18.2 Å². The molecule has 1 rings (SSSR count). The van der Waals surface area contributed by atoms with E-state index in [0.717, 1.165) is 5.56 Å². The summed E-state index contributed by atoms with van der Waals surface area (Å²) in [6, 6.07) is 5.09. The van der Waals surface area contributed by atoms with E-state index < -0.39 is 5.91 Å². The molecule has 0 bridgehead atoms. The molecule has 0 heterocycles. The minimum Gasteiger partial charge on any atom is -0.496 e. The number of benzene rings is 1. The molecular weight excluding hydrogens is 218 g/mol. The summed E-state index contributed by atoms with van der Waals surface area (Å²) in [7, 11) is 1.59. The second kappa shape index (κ2) is 6.25. The molecule has 17 heavy (non-hydrogen) atoms. The zero-order valence-electron chi connectivity index (χ0n) is 10.5. The lowest BCUT2D eigenvalue weighted by Crippen LogP contribution is -2.12. The van der Waals surface area contributed by atoms with Crippen LogP contribution in [0.4, 0.5) is 0 Å². The van der Waals surface area contributed by atoms with Crippen LogP contribution in [0.5, 0.6) is 5.75 Å². The minimum atomic E-state index is -0.447. The van der Waals surface area contributed by atoms with E-state index >= 15 is 0 Å².